The van der Waals surface area contributed by atoms with Crippen LogP contribution in [-0.2, 0) is 28.8 Å². The van der Waals surface area contributed by atoms with Gasteiger partial charge in [0.1, 0.15) is 22.8 Å². The second-order valence-corrected chi connectivity index (χ2v) is 9.35. The van der Waals surface area contributed by atoms with E-state index in [2.05, 4.69) is 20.3 Å². The summed E-state index contributed by atoms with van der Waals surface area (Å²) in [7, 11) is 0. The van der Waals surface area contributed by atoms with Gasteiger partial charge in [0.05, 0.1) is 5.97 Å². The summed E-state index contributed by atoms with van der Waals surface area (Å²) in [5.41, 5.74) is 4.82. The van der Waals surface area contributed by atoms with Gasteiger partial charge in [-0.1, -0.05) is 16.9 Å². The van der Waals surface area contributed by atoms with Crippen LogP contribution in [0.4, 0.5) is 5.13 Å². The monoisotopic (exact) mass is 551 g/mol. The number of anilines is 1. The van der Waals surface area contributed by atoms with Gasteiger partial charge in [-0.2, -0.15) is 0 Å². The Hall–Kier alpha value is -2.57. The molecule has 0 saturated carbocycles. The third-order valence-corrected chi connectivity index (χ3v) is 7.19. The predicted molar refractivity (Wildman–Crippen MR) is 118 cm³/mol. The van der Waals surface area contributed by atoms with Crippen molar-refractivity contribution >= 4 is 75.4 Å². The molecule has 2 aliphatic heterocycles. The Labute approximate surface area is 230 Å². The van der Waals surface area contributed by atoms with E-state index in [9.17, 15) is 34.2 Å². The first-order valence-electron chi connectivity index (χ1n) is 8.99. The fourth-order valence-electron chi connectivity index (χ4n) is 2.82. The zero-order valence-corrected chi connectivity index (χ0v) is 22.1. The average Bonchev–Trinajstić information content (AvgIpc) is 3.19. The number of carboxylic acids is 3. The van der Waals surface area contributed by atoms with E-state index >= 15 is 0 Å². The molecule has 2 atom stereocenters. The van der Waals surface area contributed by atoms with Crippen LogP contribution in [0.5, 0.6) is 0 Å². The third kappa shape index (κ3) is 6.77. The van der Waals surface area contributed by atoms with Crippen molar-refractivity contribution in [2.24, 2.45) is 5.16 Å². The van der Waals surface area contributed by atoms with Crippen molar-refractivity contribution in [3.05, 3.63) is 33.2 Å². The van der Waals surface area contributed by atoms with Gasteiger partial charge >= 0.3 is 41.5 Å². The fraction of sp³-hybridized carbons (Fsp3) is 0.235. The standard InChI is InChI=1S/C17H15N5O9S3.Na/c18-17-19-6(4-34-17)10(21-31-3-9(25)26)13(27)20-11-14(28)22-12(16(29)30)7(5-33-15(11)22)32-2-1-8(23)24;/h1-2,4,11,15H,3,5H2,(H2,18,19)(H,20,27)(H,23,24)(H,25,26)(H,29,30);/q;+1/p-1/b2-1-,21-10+;/t11-,15-;/m1./s1. The summed E-state index contributed by atoms with van der Waals surface area (Å²) in [5.74, 6) is -5.67. The zero-order valence-electron chi connectivity index (χ0n) is 17.7. The second-order valence-electron chi connectivity index (χ2n) is 6.36. The molecule has 14 nitrogen and oxygen atoms in total. The van der Waals surface area contributed by atoms with Crippen molar-refractivity contribution in [2.75, 3.05) is 18.1 Å². The van der Waals surface area contributed by atoms with Gasteiger partial charge in [0.2, 0.25) is 6.61 Å². The molecule has 0 unspecified atom stereocenters. The Morgan fingerprint density at radius 1 is 1.40 bits per heavy atom. The molecule has 0 radical (unpaired) electrons. The van der Waals surface area contributed by atoms with Gasteiger partial charge in [-0.25, -0.2) is 14.6 Å². The third-order valence-electron chi connectivity index (χ3n) is 4.16. The first kappa shape index (κ1) is 28.7. The summed E-state index contributed by atoms with van der Waals surface area (Å²) in [6.45, 7) is -0.829. The topological polar surface area (TPSA) is 225 Å². The van der Waals surface area contributed by atoms with Crippen molar-refractivity contribution in [1.82, 2.24) is 15.2 Å². The fourth-order valence-corrected chi connectivity index (χ4v) is 5.67. The van der Waals surface area contributed by atoms with Crippen LogP contribution < -0.4 is 45.7 Å². The number of aromatic nitrogens is 1. The summed E-state index contributed by atoms with van der Waals surface area (Å²) >= 11 is 2.98. The van der Waals surface area contributed by atoms with Crippen molar-refractivity contribution in [1.29, 1.82) is 0 Å². The molecule has 2 amide bonds. The number of carbonyl (C=O) groups excluding carboxylic acids is 3. The Bertz CT molecular complexity index is 1150. The van der Waals surface area contributed by atoms with Gasteiger partial charge < -0.3 is 36.0 Å². The number of fused-ring (bicyclic) bond motifs is 1. The molecule has 0 spiro atoms. The number of oxime groups is 1. The van der Waals surface area contributed by atoms with Crippen molar-refractivity contribution < 1.29 is 73.7 Å². The first-order chi connectivity index (χ1) is 16.1. The smallest absolute Gasteiger partial charge is 0.545 e. The molecule has 0 aromatic carbocycles. The zero-order chi connectivity index (χ0) is 25.0. The molecule has 1 aromatic heterocycles. The number of nitrogens with two attached hydrogens (primary N) is 1. The van der Waals surface area contributed by atoms with Crippen LogP contribution in [-0.4, -0.2) is 79.3 Å². The number of thiazole rings is 1. The maximum Gasteiger partial charge on any atom is 1.00 e. The number of nitrogens with one attached hydrogen (secondary N) is 1. The number of thioether (sulfide) groups is 2. The number of carboxylic acid groups (broad SMARTS) is 3. The summed E-state index contributed by atoms with van der Waals surface area (Å²) in [6.07, 6.45) is 0.730. The van der Waals surface area contributed by atoms with Crippen LogP contribution in [0.3, 0.4) is 0 Å². The molecule has 3 heterocycles. The molecule has 0 aliphatic carbocycles. The van der Waals surface area contributed by atoms with E-state index in [0.717, 1.165) is 51.2 Å². The number of hydrogen-bond acceptors (Lipinski definition) is 13. The van der Waals surface area contributed by atoms with E-state index in [0.29, 0.717) is 0 Å². The van der Waals surface area contributed by atoms with Crippen LogP contribution in [0.1, 0.15) is 5.69 Å². The largest absolute Gasteiger partial charge is 1.00 e. The maximum atomic E-state index is 12.8. The SMILES string of the molecule is Nc1nc(/C(=N\OCC(=O)O)C(=O)N[C@@H]2C(=O)N3C(C(=O)O)=C(S/C=C\C(=O)[O-])CS[C@H]23)cs1.[Na+]. The van der Waals surface area contributed by atoms with E-state index in [4.69, 9.17) is 10.8 Å². The number of aliphatic carboxylic acids is 3. The summed E-state index contributed by atoms with van der Waals surface area (Å²) < 4.78 is 0. The predicted octanol–water partition coefficient (Wildman–Crippen LogP) is -4.77. The van der Waals surface area contributed by atoms with Crippen molar-refractivity contribution in [2.45, 2.75) is 11.4 Å². The molecule has 0 bridgehead atoms. The Kier molecular flexibility index (Phi) is 10.2. The number of hydrogen-bond donors (Lipinski definition) is 4. The number of nitrogens with zero attached hydrogens (tertiary/aromatic N) is 3. The van der Waals surface area contributed by atoms with Crippen LogP contribution in [0.15, 0.2) is 32.6 Å². The molecule has 3 rings (SSSR count). The Morgan fingerprint density at radius 3 is 2.69 bits per heavy atom. The minimum atomic E-state index is -1.46. The number of nitrogen functional groups attached to an aromatic ring is 1. The van der Waals surface area contributed by atoms with Gasteiger partial charge in [-0.3, -0.25) is 14.5 Å². The van der Waals surface area contributed by atoms with Gasteiger partial charge in [0.15, 0.2) is 10.8 Å². The molecule has 35 heavy (non-hydrogen) atoms. The van der Waals surface area contributed by atoms with E-state index < -0.39 is 53.5 Å². The van der Waals surface area contributed by atoms with E-state index in [-0.39, 0.29) is 56.7 Å². The minimum absolute atomic E-state index is 0. The van der Waals surface area contributed by atoms with Crippen LogP contribution in [0.2, 0.25) is 0 Å². The number of β-lactam (4-membered cyclic amide) rings is 1. The van der Waals surface area contributed by atoms with E-state index in [1.165, 1.54) is 5.38 Å². The first-order valence-corrected chi connectivity index (χ1v) is 11.8. The van der Waals surface area contributed by atoms with Gasteiger partial charge in [-0.05, 0) is 11.5 Å². The Balaban J connectivity index is 0.00000432. The van der Waals surface area contributed by atoms with E-state index in [1.54, 1.807) is 0 Å². The Morgan fingerprint density at radius 2 is 2.11 bits per heavy atom. The molecule has 18 heteroatoms. The normalized spacial score (nSPS) is 19.5. The van der Waals surface area contributed by atoms with Crippen LogP contribution in [0, 0.1) is 0 Å². The molecule has 180 valence electrons. The number of carbonyl (C=O) groups is 5. The number of amides is 2. The molecule has 1 saturated heterocycles. The van der Waals surface area contributed by atoms with Crippen molar-refractivity contribution in [3.63, 3.8) is 0 Å². The van der Waals surface area contributed by atoms with E-state index in [1.807, 2.05) is 0 Å². The molecule has 1 aromatic rings. The molecule has 5 N–H and O–H groups in total. The van der Waals surface area contributed by atoms with Gasteiger partial charge in [0.25, 0.3) is 11.8 Å². The molecular weight excluding hydrogens is 537 g/mol. The quantitative estimate of drug-likeness (QED) is 0.0705. The van der Waals surface area contributed by atoms with Crippen LogP contribution >= 0.6 is 34.9 Å². The van der Waals surface area contributed by atoms with Gasteiger partial charge in [0, 0.05) is 16.0 Å². The number of rotatable bonds is 10. The summed E-state index contributed by atoms with van der Waals surface area (Å²) in [5, 5.41) is 36.6. The van der Waals surface area contributed by atoms with Crippen LogP contribution in [0.25, 0.3) is 0 Å². The maximum absolute atomic E-state index is 12.8. The molecular formula is C17H14N5NaO9S3. The minimum Gasteiger partial charge on any atom is -0.545 e. The second kappa shape index (κ2) is 12.4. The molecule has 2 aliphatic rings. The van der Waals surface area contributed by atoms with Crippen molar-refractivity contribution in [3.8, 4) is 0 Å². The summed E-state index contributed by atoms with van der Waals surface area (Å²) in [4.78, 5) is 68.3. The van der Waals surface area contributed by atoms with Gasteiger partial charge in [-0.15, -0.1) is 23.1 Å². The molecule has 1 fully saturated rings. The summed E-state index contributed by atoms with van der Waals surface area (Å²) in [6, 6.07) is -1.11. The average molecular weight is 552 g/mol.